The molecule has 0 aliphatic carbocycles. The van der Waals surface area contributed by atoms with E-state index in [1.807, 2.05) is 0 Å². The summed E-state index contributed by atoms with van der Waals surface area (Å²) in [5, 5.41) is 9.06. The first kappa shape index (κ1) is 11.0. The normalized spacial score (nSPS) is 15.3. The van der Waals surface area contributed by atoms with Crippen LogP contribution in [-0.2, 0) is 0 Å². The summed E-state index contributed by atoms with van der Waals surface area (Å²) in [5.74, 6) is -4.15. The number of halogens is 3. The SMILES string of the molecule is CC(O)C(N)c1cc(F)c(F)c(F)c1. The van der Waals surface area contributed by atoms with Crippen molar-refractivity contribution in [2.45, 2.75) is 19.1 Å². The standard InChI is InChI=1S/C9H10F3NO/c1-4(14)9(13)5-2-6(10)8(12)7(11)3-5/h2-4,9,14H,13H2,1H3. The molecule has 0 radical (unpaired) electrons. The summed E-state index contributed by atoms with van der Waals surface area (Å²) in [6.07, 6.45) is -0.959. The summed E-state index contributed by atoms with van der Waals surface area (Å²) in [6, 6.07) is 0.616. The predicted octanol–water partition coefficient (Wildman–Crippen LogP) is 1.48. The van der Waals surface area contributed by atoms with Crippen molar-refractivity contribution in [1.29, 1.82) is 0 Å². The van der Waals surface area contributed by atoms with Crippen molar-refractivity contribution in [3.8, 4) is 0 Å². The number of benzene rings is 1. The predicted molar refractivity (Wildman–Crippen MR) is 44.9 cm³/mol. The van der Waals surface area contributed by atoms with Crippen molar-refractivity contribution < 1.29 is 18.3 Å². The van der Waals surface area contributed by atoms with E-state index in [9.17, 15) is 13.2 Å². The molecule has 0 bridgehead atoms. The van der Waals surface area contributed by atoms with Crippen LogP contribution in [0.3, 0.4) is 0 Å². The highest BCUT2D eigenvalue weighted by atomic mass is 19.2. The van der Waals surface area contributed by atoms with E-state index in [1.165, 1.54) is 6.92 Å². The van der Waals surface area contributed by atoms with Crippen molar-refractivity contribution in [2.24, 2.45) is 5.73 Å². The fraction of sp³-hybridized carbons (Fsp3) is 0.333. The minimum Gasteiger partial charge on any atom is -0.391 e. The van der Waals surface area contributed by atoms with Crippen LogP contribution in [0.4, 0.5) is 13.2 Å². The van der Waals surface area contributed by atoms with E-state index in [0.717, 1.165) is 12.1 Å². The molecule has 0 aromatic heterocycles. The molecule has 1 aromatic rings. The van der Waals surface area contributed by atoms with E-state index >= 15 is 0 Å². The molecule has 0 saturated heterocycles. The lowest BCUT2D eigenvalue weighted by Gasteiger charge is -2.15. The Labute approximate surface area is 79.2 Å². The summed E-state index contributed by atoms with van der Waals surface area (Å²) in [4.78, 5) is 0. The van der Waals surface area contributed by atoms with Gasteiger partial charge < -0.3 is 10.8 Å². The van der Waals surface area contributed by atoms with Crippen molar-refractivity contribution in [3.05, 3.63) is 35.1 Å². The molecular weight excluding hydrogens is 195 g/mol. The molecule has 2 atom stereocenters. The molecule has 0 aliphatic rings. The quantitative estimate of drug-likeness (QED) is 0.718. The van der Waals surface area contributed by atoms with Gasteiger partial charge in [-0.3, -0.25) is 0 Å². The van der Waals surface area contributed by atoms with E-state index in [4.69, 9.17) is 10.8 Å². The van der Waals surface area contributed by atoms with Crippen LogP contribution in [0.5, 0.6) is 0 Å². The average Bonchev–Trinajstić information content (AvgIpc) is 2.12. The minimum absolute atomic E-state index is 0.0244. The lowest BCUT2D eigenvalue weighted by molar-refractivity contribution is 0.164. The minimum atomic E-state index is -1.54. The number of aliphatic hydroxyl groups excluding tert-OH is 1. The second-order valence-electron chi connectivity index (χ2n) is 3.06. The lowest BCUT2D eigenvalue weighted by atomic mass is 10.0. The Bertz CT molecular complexity index is 318. The maximum atomic E-state index is 12.7. The zero-order valence-corrected chi connectivity index (χ0v) is 7.47. The van der Waals surface area contributed by atoms with Gasteiger partial charge in [-0.1, -0.05) is 0 Å². The molecule has 0 amide bonds. The van der Waals surface area contributed by atoms with Gasteiger partial charge in [0.15, 0.2) is 17.5 Å². The Morgan fingerprint density at radius 3 is 2.00 bits per heavy atom. The number of hydrogen-bond donors (Lipinski definition) is 2. The smallest absolute Gasteiger partial charge is 0.194 e. The molecular formula is C9H10F3NO. The van der Waals surface area contributed by atoms with Crippen molar-refractivity contribution in [1.82, 2.24) is 0 Å². The van der Waals surface area contributed by atoms with Gasteiger partial charge in [-0.2, -0.15) is 0 Å². The Morgan fingerprint density at radius 2 is 1.64 bits per heavy atom. The first-order chi connectivity index (χ1) is 6.43. The topological polar surface area (TPSA) is 46.2 Å². The number of rotatable bonds is 2. The third kappa shape index (κ3) is 2.05. The van der Waals surface area contributed by atoms with Gasteiger partial charge in [0.2, 0.25) is 0 Å². The molecule has 0 fully saturated rings. The van der Waals surface area contributed by atoms with Crippen LogP contribution in [-0.4, -0.2) is 11.2 Å². The highest BCUT2D eigenvalue weighted by Crippen LogP contribution is 2.19. The Hall–Kier alpha value is -1.07. The number of nitrogens with two attached hydrogens (primary N) is 1. The summed E-state index contributed by atoms with van der Waals surface area (Å²) in [5.41, 5.74) is 5.44. The molecule has 78 valence electrons. The van der Waals surface area contributed by atoms with Gasteiger partial charge >= 0.3 is 0 Å². The molecule has 0 saturated carbocycles. The summed E-state index contributed by atoms with van der Waals surface area (Å²) in [6.45, 7) is 1.38. The fourth-order valence-electron chi connectivity index (χ4n) is 1.05. The molecule has 0 aliphatic heterocycles. The molecule has 5 heteroatoms. The summed E-state index contributed by atoms with van der Waals surface area (Å²) < 4.78 is 37.9. The maximum Gasteiger partial charge on any atom is 0.194 e. The fourth-order valence-corrected chi connectivity index (χ4v) is 1.05. The monoisotopic (exact) mass is 205 g/mol. The van der Waals surface area contributed by atoms with Gasteiger partial charge in [0, 0.05) is 0 Å². The molecule has 0 spiro atoms. The van der Waals surface area contributed by atoms with Gasteiger partial charge in [-0.15, -0.1) is 0 Å². The van der Waals surface area contributed by atoms with Gasteiger partial charge in [0.1, 0.15) is 0 Å². The zero-order valence-electron chi connectivity index (χ0n) is 7.47. The van der Waals surface area contributed by atoms with E-state index in [2.05, 4.69) is 0 Å². The van der Waals surface area contributed by atoms with Gasteiger partial charge in [0.05, 0.1) is 12.1 Å². The Kier molecular flexibility index (Phi) is 3.13. The van der Waals surface area contributed by atoms with Crippen molar-refractivity contribution in [2.75, 3.05) is 0 Å². The van der Waals surface area contributed by atoms with Crippen LogP contribution < -0.4 is 5.73 Å². The highest BCUT2D eigenvalue weighted by Gasteiger charge is 2.17. The largest absolute Gasteiger partial charge is 0.391 e. The van der Waals surface area contributed by atoms with Crippen molar-refractivity contribution in [3.63, 3.8) is 0 Å². The van der Waals surface area contributed by atoms with E-state index in [1.54, 1.807) is 0 Å². The van der Waals surface area contributed by atoms with E-state index < -0.39 is 29.6 Å². The first-order valence-corrected chi connectivity index (χ1v) is 4.01. The molecule has 0 heterocycles. The summed E-state index contributed by atoms with van der Waals surface area (Å²) >= 11 is 0. The van der Waals surface area contributed by atoms with Crippen LogP contribution in [0.25, 0.3) is 0 Å². The van der Waals surface area contributed by atoms with Gasteiger partial charge in [-0.05, 0) is 24.6 Å². The Balaban J connectivity index is 3.12. The van der Waals surface area contributed by atoms with E-state index in [0.29, 0.717) is 0 Å². The van der Waals surface area contributed by atoms with Crippen LogP contribution in [0.15, 0.2) is 12.1 Å². The van der Waals surface area contributed by atoms with E-state index in [-0.39, 0.29) is 5.56 Å². The van der Waals surface area contributed by atoms with Crippen LogP contribution >= 0.6 is 0 Å². The number of hydrogen-bond acceptors (Lipinski definition) is 2. The zero-order chi connectivity index (χ0) is 10.9. The third-order valence-corrected chi connectivity index (χ3v) is 1.91. The maximum absolute atomic E-state index is 12.7. The van der Waals surface area contributed by atoms with Crippen LogP contribution in [0, 0.1) is 17.5 Å². The second kappa shape index (κ2) is 3.98. The molecule has 3 N–H and O–H groups in total. The third-order valence-electron chi connectivity index (χ3n) is 1.91. The van der Waals surface area contributed by atoms with Crippen molar-refractivity contribution >= 4 is 0 Å². The molecule has 2 unspecified atom stereocenters. The molecule has 2 nitrogen and oxygen atoms in total. The lowest BCUT2D eigenvalue weighted by Crippen LogP contribution is -2.23. The van der Waals surface area contributed by atoms with Crippen LogP contribution in [0.1, 0.15) is 18.5 Å². The second-order valence-corrected chi connectivity index (χ2v) is 3.06. The Morgan fingerprint density at radius 1 is 1.21 bits per heavy atom. The summed E-state index contributed by atoms with van der Waals surface area (Å²) in [7, 11) is 0. The van der Waals surface area contributed by atoms with Gasteiger partial charge in [0.25, 0.3) is 0 Å². The van der Waals surface area contributed by atoms with Gasteiger partial charge in [-0.25, -0.2) is 13.2 Å². The highest BCUT2D eigenvalue weighted by molar-refractivity contribution is 5.23. The molecule has 14 heavy (non-hydrogen) atoms. The molecule has 1 aromatic carbocycles. The average molecular weight is 205 g/mol. The first-order valence-electron chi connectivity index (χ1n) is 4.01. The molecule has 1 rings (SSSR count). The number of aliphatic hydroxyl groups is 1. The van der Waals surface area contributed by atoms with Crippen LogP contribution in [0.2, 0.25) is 0 Å².